The second kappa shape index (κ2) is 9.31. The van der Waals surface area contributed by atoms with Gasteiger partial charge in [0.1, 0.15) is 0 Å². The van der Waals surface area contributed by atoms with Crippen LogP contribution in [0.5, 0.6) is 0 Å². The minimum Gasteiger partial charge on any atom is -0.338 e. The van der Waals surface area contributed by atoms with E-state index in [4.69, 9.17) is 0 Å². The third kappa shape index (κ3) is 6.49. The van der Waals surface area contributed by atoms with Crippen LogP contribution in [-0.4, -0.2) is 30.6 Å². The molecule has 2 N–H and O–H groups in total. The molecule has 1 aliphatic rings. The van der Waals surface area contributed by atoms with Gasteiger partial charge in [0.15, 0.2) is 0 Å². The summed E-state index contributed by atoms with van der Waals surface area (Å²) in [5.74, 6) is 0.372. The van der Waals surface area contributed by atoms with Crippen LogP contribution in [0.2, 0.25) is 0 Å². The standard InChI is InChI=1S/C22H26F3N3O/c1-16-5-7-18(8-6-16)15-28-11-9-17(10-12-28)14-26-21(29)27-20-4-2-3-19(13-20)22(23,24)25/h2-8,13,17H,9-12,14-15H2,1H3,(H2,26,27,29). The van der Waals surface area contributed by atoms with Crippen molar-refractivity contribution in [2.75, 3.05) is 25.0 Å². The van der Waals surface area contributed by atoms with Crippen LogP contribution >= 0.6 is 0 Å². The summed E-state index contributed by atoms with van der Waals surface area (Å²) in [5.41, 5.74) is 1.90. The van der Waals surface area contributed by atoms with Gasteiger partial charge in [0.2, 0.25) is 0 Å². The van der Waals surface area contributed by atoms with Crippen molar-refractivity contribution in [1.82, 2.24) is 10.2 Å². The molecule has 2 aromatic carbocycles. The molecule has 1 saturated heterocycles. The predicted molar refractivity (Wildman–Crippen MR) is 108 cm³/mol. The van der Waals surface area contributed by atoms with Crippen LogP contribution in [-0.2, 0) is 12.7 Å². The number of hydrogen-bond donors (Lipinski definition) is 2. The van der Waals surface area contributed by atoms with Crippen molar-refractivity contribution < 1.29 is 18.0 Å². The number of carbonyl (C=O) groups excluding carboxylic acids is 1. The van der Waals surface area contributed by atoms with Crippen molar-refractivity contribution in [3.05, 3.63) is 65.2 Å². The fourth-order valence-electron chi connectivity index (χ4n) is 3.49. The molecule has 7 heteroatoms. The second-order valence-corrected chi connectivity index (χ2v) is 7.62. The van der Waals surface area contributed by atoms with Gasteiger partial charge in [-0.1, -0.05) is 35.9 Å². The Labute approximate surface area is 169 Å². The van der Waals surface area contributed by atoms with E-state index in [-0.39, 0.29) is 5.69 Å². The second-order valence-electron chi connectivity index (χ2n) is 7.62. The molecular weight excluding hydrogens is 379 g/mol. The molecule has 0 saturated carbocycles. The lowest BCUT2D eigenvalue weighted by atomic mass is 9.96. The first-order valence-electron chi connectivity index (χ1n) is 9.79. The molecule has 2 aromatic rings. The van der Waals surface area contributed by atoms with Crippen LogP contribution in [0.25, 0.3) is 0 Å². The zero-order valence-corrected chi connectivity index (χ0v) is 16.4. The predicted octanol–water partition coefficient (Wildman–Crippen LogP) is 5.05. The molecular formula is C22H26F3N3O. The molecule has 0 unspecified atom stereocenters. The van der Waals surface area contributed by atoms with Gasteiger partial charge in [-0.2, -0.15) is 13.2 Å². The van der Waals surface area contributed by atoms with E-state index in [9.17, 15) is 18.0 Å². The number of piperidine rings is 1. The molecule has 1 aliphatic heterocycles. The van der Waals surface area contributed by atoms with Crippen LogP contribution in [0.15, 0.2) is 48.5 Å². The van der Waals surface area contributed by atoms with Gasteiger partial charge in [-0.15, -0.1) is 0 Å². The van der Waals surface area contributed by atoms with E-state index in [2.05, 4.69) is 46.7 Å². The minimum atomic E-state index is -4.43. The lowest BCUT2D eigenvalue weighted by Crippen LogP contribution is -2.39. The highest BCUT2D eigenvalue weighted by molar-refractivity contribution is 5.89. The molecule has 2 amide bonds. The Balaban J connectivity index is 1.40. The summed E-state index contributed by atoms with van der Waals surface area (Å²) in [6, 6.07) is 12.7. The average molecular weight is 405 g/mol. The monoisotopic (exact) mass is 405 g/mol. The fraction of sp³-hybridized carbons (Fsp3) is 0.409. The molecule has 0 atom stereocenters. The molecule has 0 spiro atoms. The van der Waals surface area contributed by atoms with Gasteiger partial charge < -0.3 is 10.6 Å². The van der Waals surface area contributed by atoms with Gasteiger partial charge in [0.25, 0.3) is 0 Å². The molecule has 0 bridgehead atoms. The highest BCUT2D eigenvalue weighted by Gasteiger charge is 2.30. The smallest absolute Gasteiger partial charge is 0.338 e. The zero-order chi connectivity index (χ0) is 20.9. The number of amides is 2. The number of halogens is 3. The number of carbonyl (C=O) groups is 1. The van der Waals surface area contributed by atoms with E-state index in [0.29, 0.717) is 12.5 Å². The molecule has 29 heavy (non-hydrogen) atoms. The highest BCUT2D eigenvalue weighted by Crippen LogP contribution is 2.30. The molecule has 0 aliphatic carbocycles. The summed E-state index contributed by atoms with van der Waals surface area (Å²) >= 11 is 0. The summed E-state index contributed by atoms with van der Waals surface area (Å²) in [5, 5.41) is 5.26. The first-order valence-corrected chi connectivity index (χ1v) is 9.79. The summed E-state index contributed by atoms with van der Waals surface area (Å²) in [7, 11) is 0. The van der Waals surface area contributed by atoms with Crippen LogP contribution in [0.3, 0.4) is 0 Å². The molecule has 4 nitrogen and oxygen atoms in total. The van der Waals surface area contributed by atoms with E-state index in [1.54, 1.807) is 0 Å². The Kier molecular flexibility index (Phi) is 6.79. The highest BCUT2D eigenvalue weighted by atomic mass is 19.4. The number of anilines is 1. The van der Waals surface area contributed by atoms with Crippen molar-refractivity contribution in [3.63, 3.8) is 0 Å². The first-order chi connectivity index (χ1) is 13.8. The largest absolute Gasteiger partial charge is 0.416 e. The van der Waals surface area contributed by atoms with Gasteiger partial charge in [-0.3, -0.25) is 4.90 Å². The maximum atomic E-state index is 12.8. The quantitative estimate of drug-likeness (QED) is 0.731. The van der Waals surface area contributed by atoms with Crippen LogP contribution in [0, 0.1) is 12.8 Å². The van der Waals surface area contributed by atoms with Gasteiger partial charge in [-0.05, 0) is 62.5 Å². The molecule has 1 heterocycles. The lowest BCUT2D eigenvalue weighted by Gasteiger charge is -2.32. The summed E-state index contributed by atoms with van der Waals surface area (Å²) in [6.07, 6.45) is -2.47. The number of rotatable bonds is 5. The third-order valence-electron chi connectivity index (χ3n) is 5.23. The number of hydrogen-bond acceptors (Lipinski definition) is 2. The maximum Gasteiger partial charge on any atom is 0.416 e. The Bertz CT molecular complexity index is 813. The Morgan fingerprint density at radius 1 is 1.10 bits per heavy atom. The van der Waals surface area contributed by atoms with E-state index < -0.39 is 17.8 Å². The van der Waals surface area contributed by atoms with Gasteiger partial charge in [0.05, 0.1) is 5.56 Å². The summed E-state index contributed by atoms with van der Waals surface area (Å²) in [6.45, 7) is 5.45. The van der Waals surface area contributed by atoms with Crippen LogP contribution < -0.4 is 10.6 Å². The summed E-state index contributed by atoms with van der Waals surface area (Å²) in [4.78, 5) is 14.4. The average Bonchev–Trinajstić information content (AvgIpc) is 2.69. The fourth-order valence-corrected chi connectivity index (χ4v) is 3.49. The van der Waals surface area contributed by atoms with Crippen molar-refractivity contribution in [3.8, 4) is 0 Å². The Morgan fingerprint density at radius 3 is 2.45 bits per heavy atom. The number of nitrogens with zero attached hydrogens (tertiary/aromatic N) is 1. The first kappa shape index (κ1) is 21.2. The normalized spacial score (nSPS) is 15.9. The SMILES string of the molecule is Cc1ccc(CN2CCC(CNC(=O)Nc3cccc(C(F)(F)F)c3)CC2)cc1. The third-order valence-corrected chi connectivity index (χ3v) is 5.23. The molecule has 0 aromatic heterocycles. The van der Waals surface area contributed by atoms with Crippen LogP contribution in [0.1, 0.15) is 29.5 Å². The Hall–Kier alpha value is -2.54. The topological polar surface area (TPSA) is 44.4 Å². The molecule has 3 rings (SSSR count). The van der Waals surface area contributed by atoms with E-state index in [0.717, 1.165) is 44.6 Å². The van der Waals surface area contributed by atoms with Crippen molar-refractivity contribution in [2.24, 2.45) is 5.92 Å². The number of alkyl halides is 3. The number of urea groups is 1. The maximum absolute atomic E-state index is 12.8. The molecule has 1 fully saturated rings. The minimum absolute atomic E-state index is 0.130. The number of benzene rings is 2. The number of aryl methyl sites for hydroxylation is 1. The van der Waals surface area contributed by atoms with E-state index in [1.165, 1.54) is 23.3 Å². The molecule has 0 radical (unpaired) electrons. The zero-order valence-electron chi connectivity index (χ0n) is 16.4. The number of likely N-dealkylation sites (tertiary alicyclic amines) is 1. The van der Waals surface area contributed by atoms with Gasteiger partial charge >= 0.3 is 12.2 Å². The summed E-state index contributed by atoms with van der Waals surface area (Å²) < 4.78 is 38.3. The molecule has 156 valence electrons. The van der Waals surface area contributed by atoms with Crippen LogP contribution in [0.4, 0.5) is 23.7 Å². The lowest BCUT2D eigenvalue weighted by molar-refractivity contribution is -0.137. The van der Waals surface area contributed by atoms with Crippen molar-refractivity contribution in [2.45, 2.75) is 32.5 Å². The van der Waals surface area contributed by atoms with E-state index in [1.807, 2.05) is 0 Å². The Morgan fingerprint density at radius 2 is 1.79 bits per heavy atom. The van der Waals surface area contributed by atoms with Gasteiger partial charge in [-0.25, -0.2) is 4.79 Å². The van der Waals surface area contributed by atoms with E-state index >= 15 is 0 Å². The number of nitrogens with one attached hydrogen (secondary N) is 2. The van der Waals surface area contributed by atoms with Crippen molar-refractivity contribution in [1.29, 1.82) is 0 Å². The van der Waals surface area contributed by atoms with Crippen molar-refractivity contribution >= 4 is 11.7 Å². The van der Waals surface area contributed by atoms with Gasteiger partial charge in [0, 0.05) is 18.8 Å².